The van der Waals surface area contributed by atoms with E-state index in [1.54, 1.807) is 0 Å². The van der Waals surface area contributed by atoms with Crippen molar-refractivity contribution in [2.24, 2.45) is 5.92 Å². The fourth-order valence-corrected chi connectivity index (χ4v) is 2.86. The van der Waals surface area contributed by atoms with Crippen LogP contribution in [0.15, 0.2) is 0 Å². The third-order valence-electron chi connectivity index (χ3n) is 4.02. The summed E-state index contributed by atoms with van der Waals surface area (Å²) in [6.45, 7) is 7.91. The first-order chi connectivity index (χ1) is 6.85. The van der Waals surface area contributed by atoms with E-state index in [1.807, 2.05) is 0 Å². The van der Waals surface area contributed by atoms with E-state index < -0.39 is 0 Å². The van der Waals surface area contributed by atoms with Crippen molar-refractivity contribution in [2.45, 2.75) is 51.6 Å². The van der Waals surface area contributed by atoms with Crippen LogP contribution in [0.3, 0.4) is 0 Å². The molecule has 2 unspecified atom stereocenters. The smallest absolute Gasteiger partial charge is 0.0622 e. The van der Waals surface area contributed by atoms with Gasteiger partial charge in [-0.05, 0) is 18.8 Å². The molecule has 0 saturated carbocycles. The quantitative estimate of drug-likeness (QED) is 0.685. The van der Waals surface area contributed by atoms with Crippen molar-refractivity contribution in [1.82, 2.24) is 4.90 Å². The second-order valence-corrected chi connectivity index (χ2v) is 4.80. The Hall–Kier alpha value is -0.0800. The van der Waals surface area contributed by atoms with Gasteiger partial charge in [-0.1, -0.05) is 26.7 Å². The molecule has 82 valence electrons. The van der Waals surface area contributed by atoms with Gasteiger partial charge >= 0.3 is 0 Å². The summed E-state index contributed by atoms with van der Waals surface area (Å²) in [4.78, 5) is 2.72. The molecule has 2 aliphatic rings. The Morgan fingerprint density at radius 3 is 2.21 bits per heavy atom. The zero-order valence-electron chi connectivity index (χ0n) is 9.54. The Balaban J connectivity index is 1.90. The van der Waals surface area contributed by atoms with Crippen molar-refractivity contribution in [3.8, 4) is 0 Å². The maximum Gasteiger partial charge on any atom is 0.0622 e. The molecule has 2 nitrogen and oxygen atoms in total. The molecule has 0 spiro atoms. The molecule has 0 N–H and O–H groups in total. The highest BCUT2D eigenvalue weighted by Gasteiger charge is 2.37. The van der Waals surface area contributed by atoms with Crippen molar-refractivity contribution in [1.29, 1.82) is 0 Å². The Bertz CT molecular complexity index is 163. The molecule has 2 bridgehead atoms. The van der Waals surface area contributed by atoms with Crippen LogP contribution in [0.25, 0.3) is 0 Å². The van der Waals surface area contributed by atoms with Gasteiger partial charge in [0.15, 0.2) is 0 Å². The molecule has 2 rings (SSSR count). The van der Waals surface area contributed by atoms with Crippen LogP contribution in [-0.2, 0) is 4.74 Å². The van der Waals surface area contributed by atoms with Gasteiger partial charge in [-0.3, -0.25) is 4.90 Å². The fraction of sp³-hybridized carbons (Fsp3) is 1.00. The standard InChI is InChI=1S/C12H23NO/c1-3-10(4-2)7-13-11-5-6-12(13)9-14-8-11/h10-12H,3-9H2,1-2H3. The fourth-order valence-electron chi connectivity index (χ4n) is 2.86. The van der Waals surface area contributed by atoms with Crippen LogP contribution >= 0.6 is 0 Å². The second kappa shape index (κ2) is 4.63. The van der Waals surface area contributed by atoms with Gasteiger partial charge in [0, 0.05) is 18.6 Å². The van der Waals surface area contributed by atoms with E-state index in [0.29, 0.717) is 0 Å². The number of morpholine rings is 1. The van der Waals surface area contributed by atoms with Gasteiger partial charge < -0.3 is 4.74 Å². The van der Waals surface area contributed by atoms with E-state index >= 15 is 0 Å². The summed E-state index contributed by atoms with van der Waals surface area (Å²) in [7, 11) is 0. The predicted octanol–water partition coefficient (Wildman–Crippen LogP) is 2.29. The lowest BCUT2D eigenvalue weighted by atomic mass is 10.0. The summed E-state index contributed by atoms with van der Waals surface area (Å²) in [6.07, 6.45) is 5.39. The van der Waals surface area contributed by atoms with Crippen molar-refractivity contribution >= 4 is 0 Å². The molecule has 0 aromatic heterocycles. The van der Waals surface area contributed by atoms with Crippen molar-refractivity contribution in [2.75, 3.05) is 19.8 Å². The van der Waals surface area contributed by atoms with Gasteiger partial charge in [-0.15, -0.1) is 0 Å². The molecule has 2 heteroatoms. The summed E-state index contributed by atoms with van der Waals surface area (Å²) in [5.41, 5.74) is 0. The van der Waals surface area contributed by atoms with Crippen molar-refractivity contribution in [3.05, 3.63) is 0 Å². The molecule has 0 aliphatic carbocycles. The van der Waals surface area contributed by atoms with E-state index in [0.717, 1.165) is 31.2 Å². The molecule has 2 heterocycles. The summed E-state index contributed by atoms with van der Waals surface area (Å²) < 4.78 is 5.59. The minimum Gasteiger partial charge on any atom is -0.378 e. The minimum atomic E-state index is 0.745. The molecule has 2 fully saturated rings. The lowest BCUT2D eigenvalue weighted by Gasteiger charge is -2.36. The van der Waals surface area contributed by atoms with E-state index in [-0.39, 0.29) is 0 Å². The predicted molar refractivity (Wildman–Crippen MR) is 58.4 cm³/mol. The van der Waals surface area contributed by atoms with Crippen LogP contribution in [0.4, 0.5) is 0 Å². The molecule has 2 aliphatic heterocycles. The van der Waals surface area contributed by atoms with Gasteiger partial charge in [0.25, 0.3) is 0 Å². The lowest BCUT2D eigenvalue weighted by molar-refractivity contribution is -0.0217. The van der Waals surface area contributed by atoms with Crippen LogP contribution in [-0.4, -0.2) is 36.7 Å². The van der Waals surface area contributed by atoms with Gasteiger partial charge in [-0.2, -0.15) is 0 Å². The molecule has 2 saturated heterocycles. The first kappa shape index (κ1) is 10.4. The summed E-state index contributed by atoms with van der Waals surface area (Å²) in [6, 6.07) is 1.49. The molecular weight excluding hydrogens is 174 g/mol. The topological polar surface area (TPSA) is 12.5 Å². The van der Waals surface area contributed by atoms with Crippen LogP contribution in [0.5, 0.6) is 0 Å². The molecule has 0 aromatic carbocycles. The van der Waals surface area contributed by atoms with Gasteiger partial charge in [0.05, 0.1) is 13.2 Å². The highest BCUT2D eigenvalue weighted by molar-refractivity contribution is 4.91. The van der Waals surface area contributed by atoms with Crippen molar-refractivity contribution in [3.63, 3.8) is 0 Å². The molecule has 0 aromatic rings. The number of hydrogen-bond acceptors (Lipinski definition) is 2. The monoisotopic (exact) mass is 197 g/mol. The van der Waals surface area contributed by atoms with Crippen LogP contribution < -0.4 is 0 Å². The molecule has 2 atom stereocenters. The largest absolute Gasteiger partial charge is 0.378 e. The molecular formula is C12H23NO. The summed E-state index contributed by atoms with van der Waals surface area (Å²) in [5, 5.41) is 0. The van der Waals surface area contributed by atoms with E-state index in [4.69, 9.17) is 4.74 Å². The zero-order chi connectivity index (χ0) is 9.97. The Labute approximate surface area is 87.6 Å². The first-order valence-corrected chi connectivity index (χ1v) is 6.18. The number of rotatable bonds is 4. The van der Waals surface area contributed by atoms with Gasteiger partial charge in [-0.25, -0.2) is 0 Å². The maximum atomic E-state index is 5.59. The van der Waals surface area contributed by atoms with Crippen LogP contribution in [0, 0.1) is 5.92 Å². The lowest BCUT2D eigenvalue weighted by Crippen LogP contribution is -2.47. The second-order valence-electron chi connectivity index (χ2n) is 4.80. The zero-order valence-corrected chi connectivity index (χ0v) is 9.54. The average molecular weight is 197 g/mol. The molecule has 14 heavy (non-hydrogen) atoms. The highest BCUT2D eigenvalue weighted by atomic mass is 16.5. The number of ether oxygens (including phenoxy) is 1. The van der Waals surface area contributed by atoms with Gasteiger partial charge in [0.2, 0.25) is 0 Å². The van der Waals surface area contributed by atoms with Crippen molar-refractivity contribution < 1.29 is 4.74 Å². The van der Waals surface area contributed by atoms with E-state index in [2.05, 4.69) is 18.7 Å². The first-order valence-electron chi connectivity index (χ1n) is 6.18. The number of nitrogens with zero attached hydrogens (tertiary/aromatic N) is 1. The maximum absolute atomic E-state index is 5.59. The average Bonchev–Trinajstić information content (AvgIpc) is 2.46. The molecule has 0 amide bonds. The van der Waals surface area contributed by atoms with E-state index in [9.17, 15) is 0 Å². The Morgan fingerprint density at radius 1 is 1.14 bits per heavy atom. The summed E-state index contributed by atoms with van der Waals surface area (Å²) in [5.74, 6) is 0.899. The normalized spacial score (nSPS) is 32.8. The minimum absolute atomic E-state index is 0.745. The summed E-state index contributed by atoms with van der Waals surface area (Å²) >= 11 is 0. The Kier molecular flexibility index (Phi) is 3.45. The number of hydrogen-bond donors (Lipinski definition) is 0. The highest BCUT2D eigenvalue weighted by Crippen LogP contribution is 2.30. The molecule has 0 radical (unpaired) electrons. The van der Waals surface area contributed by atoms with E-state index in [1.165, 1.54) is 32.2 Å². The van der Waals surface area contributed by atoms with Crippen LogP contribution in [0.1, 0.15) is 39.5 Å². The van der Waals surface area contributed by atoms with Gasteiger partial charge in [0.1, 0.15) is 0 Å². The van der Waals surface area contributed by atoms with Crippen LogP contribution in [0.2, 0.25) is 0 Å². The third-order valence-corrected chi connectivity index (χ3v) is 4.02. The third kappa shape index (κ3) is 1.96. The SMILES string of the molecule is CCC(CC)CN1C2CCC1COC2. The Morgan fingerprint density at radius 2 is 1.71 bits per heavy atom. The number of fused-ring (bicyclic) bond motifs is 2.